The van der Waals surface area contributed by atoms with E-state index in [1.807, 2.05) is 48.5 Å². The number of nitrogens with zero attached hydrogens (tertiary/aromatic N) is 4. The number of anilines is 3. The molecule has 0 fully saturated rings. The first-order chi connectivity index (χ1) is 30.9. The monoisotopic (exact) mass is 702 g/mol. The lowest BCUT2D eigenvalue weighted by molar-refractivity contribution is 0.669. The summed E-state index contributed by atoms with van der Waals surface area (Å²) < 4.78 is 91.3. The Morgan fingerprint density at radius 3 is 1.74 bits per heavy atom. The van der Waals surface area contributed by atoms with Gasteiger partial charge in [-0.15, -0.1) is 0 Å². The largest absolute Gasteiger partial charge is 0.456 e. The first-order valence-electron chi connectivity index (χ1n) is 22.2. The number of furan rings is 1. The molecule has 54 heavy (non-hydrogen) atoms. The van der Waals surface area contributed by atoms with Crippen LogP contribution in [0.3, 0.4) is 0 Å². The van der Waals surface area contributed by atoms with Gasteiger partial charge in [0.15, 0.2) is 17.5 Å². The lowest BCUT2D eigenvalue weighted by atomic mass is 10.0. The van der Waals surface area contributed by atoms with Crippen LogP contribution in [0.4, 0.5) is 17.1 Å². The molecule has 0 radical (unpaired) electrons. The number of aromatic nitrogens is 3. The molecule has 0 aliphatic rings. The van der Waals surface area contributed by atoms with Crippen molar-refractivity contribution in [2.24, 2.45) is 0 Å². The molecule has 0 atom stereocenters. The van der Waals surface area contributed by atoms with Crippen molar-refractivity contribution in [3.8, 4) is 45.3 Å². The van der Waals surface area contributed by atoms with Crippen LogP contribution in [0, 0.1) is 0 Å². The smallest absolute Gasteiger partial charge is 0.164 e. The minimum absolute atomic E-state index is 0.0488. The average molecular weight is 703 g/mol. The predicted molar refractivity (Wildman–Crippen MR) is 221 cm³/mol. The zero-order valence-electron chi connectivity index (χ0n) is 38.4. The SMILES string of the molecule is [2H]c1c([2H])c([2H])c(-c2nc(-c3c([2H])c([2H])c([2H])c([2H])c3[2H])nc(-c3cccc4oc5cc(N(c6ccc(-c7ccccc7)cc6)c6ccc7ccccc7c6)ccc5c34)n2)c([2H])c1[2H]. The Morgan fingerprint density at radius 1 is 0.426 bits per heavy atom. The quantitative estimate of drug-likeness (QED) is 0.165. The highest BCUT2D eigenvalue weighted by molar-refractivity contribution is 6.12. The standard InChI is InChI=1S/C49H32N4O/c1-4-13-33(14-5-1)35-23-26-39(27-24-35)53(40-28-25-34-15-10-11-20-38(34)31-40)41-29-30-42-45(32-41)54-44-22-12-21-43(46(42)44)49-51-47(36-16-6-2-7-17-36)50-48(52-49)37-18-8-3-9-19-37/h1-32H/i2D,3D,6D,7D,8D,9D,16D,17D,18D,19D. The van der Waals surface area contributed by atoms with E-state index in [1.54, 1.807) is 18.2 Å². The molecule has 0 saturated carbocycles. The van der Waals surface area contributed by atoms with Crippen LogP contribution in [0.5, 0.6) is 0 Å². The topological polar surface area (TPSA) is 55.1 Å². The maximum absolute atomic E-state index is 8.74. The number of benzene rings is 8. The van der Waals surface area contributed by atoms with Crippen LogP contribution in [-0.4, -0.2) is 15.0 Å². The molecule has 10 rings (SSSR count). The van der Waals surface area contributed by atoms with Gasteiger partial charge >= 0.3 is 0 Å². The van der Waals surface area contributed by atoms with Crippen molar-refractivity contribution in [2.45, 2.75) is 0 Å². The highest BCUT2D eigenvalue weighted by Crippen LogP contribution is 2.42. The molecule has 2 aromatic heterocycles. The molecule has 0 amide bonds. The van der Waals surface area contributed by atoms with Crippen LogP contribution in [0.15, 0.2) is 198 Å². The molecule has 10 aromatic rings. The number of rotatable bonds is 7. The molecule has 254 valence electrons. The van der Waals surface area contributed by atoms with E-state index in [1.165, 1.54) is 0 Å². The van der Waals surface area contributed by atoms with E-state index in [9.17, 15) is 0 Å². The number of hydrogen-bond donors (Lipinski definition) is 0. The van der Waals surface area contributed by atoms with Crippen LogP contribution in [-0.2, 0) is 0 Å². The maximum atomic E-state index is 8.74. The zero-order valence-corrected chi connectivity index (χ0v) is 28.4. The molecular weight excluding hydrogens is 661 g/mol. The van der Waals surface area contributed by atoms with Crippen molar-refractivity contribution in [2.75, 3.05) is 4.90 Å². The summed E-state index contributed by atoms with van der Waals surface area (Å²) in [5, 5.41) is 3.44. The maximum Gasteiger partial charge on any atom is 0.164 e. The second kappa shape index (κ2) is 13.3. The van der Waals surface area contributed by atoms with Gasteiger partial charge in [0.1, 0.15) is 11.2 Å². The van der Waals surface area contributed by atoms with E-state index < -0.39 is 60.4 Å². The third kappa shape index (κ3) is 5.74. The van der Waals surface area contributed by atoms with E-state index in [-0.39, 0.29) is 28.6 Å². The summed E-state index contributed by atoms with van der Waals surface area (Å²) in [5.41, 5.74) is 5.52. The molecular formula is C49H32N4O. The van der Waals surface area contributed by atoms with Crippen LogP contribution in [0.1, 0.15) is 13.7 Å². The van der Waals surface area contributed by atoms with Crippen molar-refractivity contribution < 1.29 is 18.1 Å². The highest BCUT2D eigenvalue weighted by Gasteiger charge is 2.20. The molecule has 0 spiro atoms. The van der Waals surface area contributed by atoms with Gasteiger partial charge in [0.2, 0.25) is 0 Å². The third-order valence-electron chi connectivity index (χ3n) is 9.29. The first-order valence-corrected chi connectivity index (χ1v) is 17.2. The van der Waals surface area contributed by atoms with E-state index >= 15 is 0 Å². The molecule has 5 nitrogen and oxygen atoms in total. The van der Waals surface area contributed by atoms with Crippen molar-refractivity contribution in [3.05, 3.63) is 194 Å². The summed E-state index contributed by atoms with van der Waals surface area (Å²) in [7, 11) is 0. The zero-order chi connectivity index (χ0) is 44.6. The normalized spacial score (nSPS) is 13.9. The lowest BCUT2D eigenvalue weighted by Gasteiger charge is -2.26. The van der Waals surface area contributed by atoms with Gasteiger partial charge in [-0.25, -0.2) is 15.0 Å². The van der Waals surface area contributed by atoms with Gasteiger partial charge in [0.25, 0.3) is 0 Å². The Kier molecular flexibility index (Phi) is 5.56. The van der Waals surface area contributed by atoms with Gasteiger partial charge in [-0.05, 0) is 64.4 Å². The Hall–Kier alpha value is -7.37. The van der Waals surface area contributed by atoms with Gasteiger partial charge in [0, 0.05) is 50.6 Å². The Labute approximate surface area is 326 Å². The second-order valence-electron chi connectivity index (χ2n) is 12.5. The van der Waals surface area contributed by atoms with E-state index in [4.69, 9.17) is 18.1 Å². The molecule has 2 heterocycles. The van der Waals surface area contributed by atoms with Gasteiger partial charge in [-0.1, -0.05) is 145 Å². The Morgan fingerprint density at radius 2 is 1.02 bits per heavy atom. The fourth-order valence-corrected chi connectivity index (χ4v) is 6.78. The van der Waals surface area contributed by atoms with E-state index in [2.05, 4.69) is 86.6 Å². The summed E-state index contributed by atoms with van der Waals surface area (Å²) in [5.74, 6) is -0.743. The summed E-state index contributed by atoms with van der Waals surface area (Å²) in [6.45, 7) is 0. The molecule has 8 aromatic carbocycles. The molecule has 0 N–H and O–H groups in total. The van der Waals surface area contributed by atoms with Crippen LogP contribution in [0.2, 0.25) is 0 Å². The van der Waals surface area contributed by atoms with Gasteiger partial charge in [-0.2, -0.15) is 0 Å². The molecule has 5 heteroatoms. The van der Waals surface area contributed by atoms with Crippen molar-refractivity contribution in [3.63, 3.8) is 0 Å². The summed E-state index contributed by atoms with van der Waals surface area (Å²) in [4.78, 5) is 15.9. The predicted octanol–water partition coefficient (Wildman–Crippen LogP) is 13.1. The lowest BCUT2D eigenvalue weighted by Crippen LogP contribution is -2.09. The third-order valence-corrected chi connectivity index (χ3v) is 9.29. The fourth-order valence-electron chi connectivity index (χ4n) is 6.78. The Bertz CT molecular complexity index is 3380. The summed E-state index contributed by atoms with van der Waals surface area (Å²) in [6, 6.07) is 38.1. The summed E-state index contributed by atoms with van der Waals surface area (Å²) >= 11 is 0. The summed E-state index contributed by atoms with van der Waals surface area (Å²) in [6.07, 6.45) is 0. The molecule has 0 unspecified atom stereocenters. The molecule has 0 aliphatic carbocycles. The van der Waals surface area contributed by atoms with Crippen molar-refractivity contribution >= 4 is 49.8 Å². The van der Waals surface area contributed by atoms with Crippen molar-refractivity contribution in [1.29, 1.82) is 0 Å². The van der Waals surface area contributed by atoms with Gasteiger partial charge < -0.3 is 9.32 Å². The van der Waals surface area contributed by atoms with Crippen molar-refractivity contribution in [1.82, 2.24) is 15.0 Å². The molecule has 0 aliphatic heterocycles. The van der Waals surface area contributed by atoms with Gasteiger partial charge in [0.05, 0.1) is 13.7 Å². The minimum atomic E-state index is -0.620. The number of fused-ring (bicyclic) bond motifs is 4. The average Bonchev–Trinajstić information content (AvgIpc) is 3.70. The molecule has 0 bridgehead atoms. The first kappa shape index (κ1) is 22.5. The van der Waals surface area contributed by atoms with Crippen LogP contribution < -0.4 is 4.90 Å². The number of hydrogen-bond acceptors (Lipinski definition) is 5. The fraction of sp³-hybridized carbons (Fsp3) is 0. The molecule has 0 saturated heterocycles. The Balaban J connectivity index is 1.17. The van der Waals surface area contributed by atoms with Crippen LogP contribution >= 0.6 is 0 Å². The van der Waals surface area contributed by atoms with Gasteiger partial charge in [-0.3, -0.25) is 0 Å². The minimum Gasteiger partial charge on any atom is -0.456 e. The van der Waals surface area contributed by atoms with Crippen LogP contribution in [0.25, 0.3) is 78.0 Å². The second-order valence-corrected chi connectivity index (χ2v) is 12.5. The van der Waals surface area contributed by atoms with E-state index in [0.717, 1.165) is 39.0 Å². The highest BCUT2D eigenvalue weighted by atomic mass is 16.3. The van der Waals surface area contributed by atoms with E-state index in [0.29, 0.717) is 27.5 Å².